The molecular weight excluding hydrogens is 242 g/mol. The molecule has 0 aromatic carbocycles. The largest absolute Gasteiger partial charge is 0.378 e. The molecule has 5 heteroatoms. The van der Waals surface area contributed by atoms with Gasteiger partial charge in [-0.05, 0) is 31.4 Å². The first kappa shape index (κ1) is 12.2. The summed E-state index contributed by atoms with van der Waals surface area (Å²) >= 11 is 0. The molecule has 1 aliphatic heterocycles. The average molecular weight is 259 g/mol. The van der Waals surface area contributed by atoms with Crippen LogP contribution in [0.3, 0.4) is 0 Å². The van der Waals surface area contributed by atoms with Gasteiger partial charge in [0.15, 0.2) is 5.82 Å². The van der Waals surface area contributed by atoms with Gasteiger partial charge in [0, 0.05) is 31.6 Å². The molecule has 2 aromatic heterocycles. The fourth-order valence-corrected chi connectivity index (χ4v) is 2.45. The fourth-order valence-electron chi connectivity index (χ4n) is 2.45. The van der Waals surface area contributed by atoms with E-state index in [1.165, 1.54) is 0 Å². The topological polar surface area (TPSA) is 49.0 Å². The van der Waals surface area contributed by atoms with Crippen LogP contribution in [0.2, 0.25) is 0 Å². The Kier molecular flexibility index (Phi) is 3.46. The SMILES string of the molecule is O=c1ccn(-c2ccccn2)n1CC[C@H]1CCCO1. The molecule has 3 rings (SSSR count). The van der Waals surface area contributed by atoms with Gasteiger partial charge in [0.1, 0.15) is 0 Å². The zero-order valence-corrected chi connectivity index (χ0v) is 10.7. The Morgan fingerprint density at radius 1 is 1.37 bits per heavy atom. The Morgan fingerprint density at radius 2 is 2.32 bits per heavy atom. The molecule has 5 nitrogen and oxygen atoms in total. The van der Waals surface area contributed by atoms with Crippen molar-refractivity contribution in [1.29, 1.82) is 0 Å². The van der Waals surface area contributed by atoms with Gasteiger partial charge in [-0.15, -0.1) is 0 Å². The summed E-state index contributed by atoms with van der Waals surface area (Å²) in [6.07, 6.45) is 6.88. The van der Waals surface area contributed by atoms with E-state index in [1.54, 1.807) is 27.8 Å². The number of nitrogens with zero attached hydrogens (tertiary/aromatic N) is 3. The van der Waals surface area contributed by atoms with E-state index in [-0.39, 0.29) is 5.56 Å². The van der Waals surface area contributed by atoms with Crippen LogP contribution in [-0.4, -0.2) is 27.1 Å². The number of hydrogen-bond donors (Lipinski definition) is 0. The third-order valence-corrected chi connectivity index (χ3v) is 3.44. The predicted octanol–water partition coefficient (Wildman–Crippen LogP) is 1.60. The van der Waals surface area contributed by atoms with Crippen LogP contribution in [0.15, 0.2) is 41.5 Å². The van der Waals surface area contributed by atoms with Crippen molar-refractivity contribution in [2.75, 3.05) is 6.61 Å². The van der Waals surface area contributed by atoms with E-state index >= 15 is 0 Å². The quantitative estimate of drug-likeness (QED) is 0.838. The number of ether oxygens (including phenoxy) is 1. The van der Waals surface area contributed by atoms with Crippen LogP contribution in [0.4, 0.5) is 0 Å². The maximum absolute atomic E-state index is 11.9. The van der Waals surface area contributed by atoms with Crippen molar-refractivity contribution in [1.82, 2.24) is 14.3 Å². The lowest BCUT2D eigenvalue weighted by molar-refractivity contribution is 0.0986. The molecular formula is C14H17N3O2. The van der Waals surface area contributed by atoms with Gasteiger partial charge in [-0.1, -0.05) is 6.07 Å². The summed E-state index contributed by atoms with van der Waals surface area (Å²) in [6, 6.07) is 7.24. The normalized spacial score (nSPS) is 18.8. The minimum atomic E-state index is 0.00338. The molecule has 0 saturated carbocycles. The van der Waals surface area contributed by atoms with Crippen LogP contribution in [0.1, 0.15) is 19.3 Å². The lowest BCUT2D eigenvalue weighted by atomic mass is 10.2. The van der Waals surface area contributed by atoms with Crippen LogP contribution < -0.4 is 5.56 Å². The first-order valence-corrected chi connectivity index (χ1v) is 6.66. The molecule has 1 atom stereocenters. The Balaban J connectivity index is 1.80. The molecule has 100 valence electrons. The van der Waals surface area contributed by atoms with E-state index in [2.05, 4.69) is 4.98 Å². The number of pyridine rings is 1. The van der Waals surface area contributed by atoms with Crippen molar-refractivity contribution in [3.8, 4) is 5.82 Å². The Morgan fingerprint density at radius 3 is 3.05 bits per heavy atom. The molecule has 1 fully saturated rings. The van der Waals surface area contributed by atoms with Crippen molar-refractivity contribution in [2.45, 2.75) is 31.9 Å². The first-order chi connectivity index (χ1) is 9.34. The summed E-state index contributed by atoms with van der Waals surface area (Å²) in [5.41, 5.74) is 0.00338. The minimum Gasteiger partial charge on any atom is -0.378 e. The number of aromatic nitrogens is 3. The van der Waals surface area contributed by atoms with Crippen molar-refractivity contribution in [2.24, 2.45) is 0 Å². The van der Waals surface area contributed by atoms with Crippen LogP contribution in [0.25, 0.3) is 5.82 Å². The van der Waals surface area contributed by atoms with Crippen LogP contribution in [-0.2, 0) is 11.3 Å². The van der Waals surface area contributed by atoms with Crippen LogP contribution >= 0.6 is 0 Å². The predicted molar refractivity (Wildman–Crippen MR) is 71.4 cm³/mol. The summed E-state index contributed by atoms with van der Waals surface area (Å²) in [6.45, 7) is 1.51. The van der Waals surface area contributed by atoms with Crippen molar-refractivity contribution >= 4 is 0 Å². The van der Waals surface area contributed by atoms with Crippen molar-refractivity contribution in [3.63, 3.8) is 0 Å². The van der Waals surface area contributed by atoms with Gasteiger partial charge >= 0.3 is 0 Å². The maximum atomic E-state index is 11.9. The van der Waals surface area contributed by atoms with Gasteiger partial charge < -0.3 is 4.74 Å². The highest BCUT2D eigenvalue weighted by Gasteiger charge is 2.16. The molecule has 0 amide bonds. The molecule has 1 aliphatic rings. The van der Waals surface area contributed by atoms with E-state index in [1.807, 2.05) is 18.2 Å². The minimum absolute atomic E-state index is 0.00338. The highest BCUT2D eigenvalue weighted by molar-refractivity contribution is 5.20. The van der Waals surface area contributed by atoms with E-state index in [9.17, 15) is 4.79 Å². The number of rotatable bonds is 4. The Hall–Kier alpha value is -1.88. The molecule has 0 bridgehead atoms. The maximum Gasteiger partial charge on any atom is 0.266 e. The molecule has 2 aromatic rings. The van der Waals surface area contributed by atoms with Crippen LogP contribution in [0.5, 0.6) is 0 Å². The third-order valence-electron chi connectivity index (χ3n) is 3.44. The Labute approximate surface area is 111 Å². The zero-order chi connectivity index (χ0) is 13.1. The molecule has 3 heterocycles. The molecule has 19 heavy (non-hydrogen) atoms. The van der Waals surface area contributed by atoms with E-state index in [0.29, 0.717) is 12.6 Å². The summed E-state index contributed by atoms with van der Waals surface area (Å²) in [4.78, 5) is 16.2. The molecule has 0 aliphatic carbocycles. The Bertz CT molecular complexity index is 582. The summed E-state index contributed by atoms with van der Waals surface area (Å²) in [5.74, 6) is 0.761. The van der Waals surface area contributed by atoms with Gasteiger partial charge in [-0.3, -0.25) is 4.79 Å². The number of hydrogen-bond acceptors (Lipinski definition) is 3. The molecule has 0 radical (unpaired) electrons. The van der Waals surface area contributed by atoms with Crippen molar-refractivity contribution in [3.05, 3.63) is 47.0 Å². The highest BCUT2D eigenvalue weighted by atomic mass is 16.5. The smallest absolute Gasteiger partial charge is 0.266 e. The van der Waals surface area contributed by atoms with Crippen molar-refractivity contribution < 1.29 is 4.74 Å². The summed E-state index contributed by atoms with van der Waals surface area (Å²) < 4.78 is 9.11. The summed E-state index contributed by atoms with van der Waals surface area (Å²) in [5, 5.41) is 0. The lowest BCUT2D eigenvalue weighted by Crippen LogP contribution is -2.24. The highest BCUT2D eigenvalue weighted by Crippen LogP contribution is 2.16. The summed E-state index contributed by atoms with van der Waals surface area (Å²) in [7, 11) is 0. The molecule has 0 N–H and O–H groups in total. The van der Waals surface area contributed by atoms with Gasteiger partial charge in [-0.25, -0.2) is 14.3 Å². The zero-order valence-electron chi connectivity index (χ0n) is 10.7. The lowest BCUT2D eigenvalue weighted by Gasteiger charge is -2.13. The van der Waals surface area contributed by atoms with E-state index in [4.69, 9.17) is 4.74 Å². The van der Waals surface area contributed by atoms with E-state index < -0.39 is 0 Å². The second-order valence-corrected chi connectivity index (χ2v) is 4.73. The monoisotopic (exact) mass is 259 g/mol. The van der Waals surface area contributed by atoms with E-state index in [0.717, 1.165) is 31.7 Å². The standard InChI is InChI=1S/C14H17N3O2/c18-14-7-10-16(13-5-1-2-8-15-13)17(14)9-6-12-4-3-11-19-12/h1-2,5,7-8,10,12H,3-4,6,9,11H2/t12-/m1/s1. The van der Waals surface area contributed by atoms with Gasteiger partial charge in [-0.2, -0.15) is 0 Å². The molecule has 0 unspecified atom stereocenters. The fraction of sp³-hybridized carbons (Fsp3) is 0.429. The van der Waals surface area contributed by atoms with Gasteiger partial charge in [0.05, 0.1) is 6.10 Å². The molecule has 1 saturated heterocycles. The second-order valence-electron chi connectivity index (χ2n) is 4.73. The molecule has 0 spiro atoms. The third kappa shape index (κ3) is 2.61. The van der Waals surface area contributed by atoms with Gasteiger partial charge in [0.25, 0.3) is 5.56 Å². The average Bonchev–Trinajstić information content (AvgIpc) is 3.07. The second kappa shape index (κ2) is 5.40. The van der Waals surface area contributed by atoms with Crippen LogP contribution in [0, 0.1) is 0 Å². The first-order valence-electron chi connectivity index (χ1n) is 6.66. The van der Waals surface area contributed by atoms with Gasteiger partial charge in [0.2, 0.25) is 0 Å².